The second kappa shape index (κ2) is 6.09. The van der Waals surface area contributed by atoms with Gasteiger partial charge in [-0.15, -0.1) is 11.8 Å². The number of hydrogen-bond donors (Lipinski definition) is 1. The van der Waals surface area contributed by atoms with Crippen molar-refractivity contribution in [2.24, 2.45) is 5.92 Å². The Hall–Kier alpha value is -0.510. The van der Waals surface area contributed by atoms with Crippen LogP contribution in [0.25, 0.3) is 0 Å². The van der Waals surface area contributed by atoms with E-state index in [0.717, 1.165) is 12.0 Å². The van der Waals surface area contributed by atoms with Crippen molar-refractivity contribution < 1.29 is 0 Å². The van der Waals surface area contributed by atoms with Crippen LogP contribution in [0.3, 0.4) is 0 Å². The van der Waals surface area contributed by atoms with Crippen molar-refractivity contribution in [2.45, 2.75) is 23.8 Å². The fourth-order valence-electron chi connectivity index (χ4n) is 3.13. The molecule has 18 heavy (non-hydrogen) atoms. The predicted molar refractivity (Wildman–Crippen MR) is 78.1 cm³/mol. The number of likely N-dealkylation sites (tertiary alicyclic amines) is 1. The fraction of sp³-hybridized carbons (Fsp3) is 0.600. The smallest absolute Gasteiger partial charge is 0.0235 e. The third kappa shape index (κ3) is 3.08. The Bertz CT molecular complexity index is 354. The first-order valence-electron chi connectivity index (χ1n) is 7.05. The van der Waals surface area contributed by atoms with Gasteiger partial charge < -0.3 is 10.2 Å². The third-order valence-electron chi connectivity index (χ3n) is 4.09. The minimum Gasteiger partial charge on any atom is -0.312 e. The van der Waals surface area contributed by atoms with Gasteiger partial charge in [-0.05, 0) is 37.4 Å². The molecule has 2 nitrogen and oxygen atoms in total. The summed E-state index contributed by atoms with van der Waals surface area (Å²) in [6.45, 7) is 5.04. The summed E-state index contributed by atoms with van der Waals surface area (Å²) < 4.78 is 0. The monoisotopic (exact) mass is 262 g/mol. The minimum atomic E-state index is 0.778. The van der Waals surface area contributed by atoms with Crippen LogP contribution < -0.4 is 5.32 Å². The van der Waals surface area contributed by atoms with E-state index in [-0.39, 0.29) is 0 Å². The molecule has 3 heteroatoms. The lowest BCUT2D eigenvalue weighted by Gasteiger charge is -2.24. The molecular formula is C15H22N2S. The van der Waals surface area contributed by atoms with Gasteiger partial charge in [0.25, 0.3) is 0 Å². The van der Waals surface area contributed by atoms with E-state index in [4.69, 9.17) is 0 Å². The van der Waals surface area contributed by atoms with Crippen LogP contribution in [0.15, 0.2) is 35.2 Å². The molecule has 2 aliphatic heterocycles. The van der Waals surface area contributed by atoms with E-state index >= 15 is 0 Å². The van der Waals surface area contributed by atoms with E-state index in [2.05, 4.69) is 40.5 Å². The summed E-state index contributed by atoms with van der Waals surface area (Å²) in [5, 5.41) is 3.67. The van der Waals surface area contributed by atoms with Gasteiger partial charge in [-0.25, -0.2) is 0 Å². The molecule has 1 aromatic rings. The molecule has 0 spiro atoms. The Kier molecular flexibility index (Phi) is 4.24. The van der Waals surface area contributed by atoms with Gasteiger partial charge >= 0.3 is 0 Å². The van der Waals surface area contributed by atoms with E-state index in [1.807, 2.05) is 11.8 Å². The molecule has 2 atom stereocenters. The SMILES string of the molecule is c1ccc(SCCN2C[C@@H]3CCCN[C@@H]3C2)cc1. The first kappa shape index (κ1) is 12.5. The second-order valence-corrected chi connectivity index (χ2v) is 6.55. The maximum absolute atomic E-state index is 3.67. The minimum absolute atomic E-state index is 0.778. The van der Waals surface area contributed by atoms with E-state index in [9.17, 15) is 0 Å². The number of nitrogens with zero attached hydrogens (tertiary/aromatic N) is 1. The molecular weight excluding hydrogens is 240 g/mol. The molecule has 0 aromatic heterocycles. The fourth-order valence-corrected chi connectivity index (χ4v) is 4.06. The van der Waals surface area contributed by atoms with Crippen LogP contribution in [0.4, 0.5) is 0 Å². The van der Waals surface area contributed by atoms with Gasteiger partial charge in [0.1, 0.15) is 0 Å². The van der Waals surface area contributed by atoms with Gasteiger partial charge in [0, 0.05) is 36.3 Å². The summed E-state index contributed by atoms with van der Waals surface area (Å²) in [7, 11) is 0. The van der Waals surface area contributed by atoms with Crippen LogP contribution in [0, 0.1) is 5.92 Å². The van der Waals surface area contributed by atoms with Crippen molar-refractivity contribution in [3.63, 3.8) is 0 Å². The maximum Gasteiger partial charge on any atom is 0.0235 e. The third-order valence-corrected chi connectivity index (χ3v) is 5.09. The molecule has 3 rings (SSSR count). The van der Waals surface area contributed by atoms with Crippen molar-refractivity contribution >= 4 is 11.8 Å². The van der Waals surface area contributed by atoms with Gasteiger partial charge in [0.15, 0.2) is 0 Å². The Labute approximate surface area is 114 Å². The summed E-state index contributed by atoms with van der Waals surface area (Å²) in [5.74, 6) is 2.13. The van der Waals surface area contributed by atoms with Gasteiger partial charge in [0.2, 0.25) is 0 Å². The summed E-state index contributed by atoms with van der Waals surface area (Å²) in [4.78, 5) is 4.04. The first-order valence-corrected chi connectivity index (χ1v) is 8.04. The number of hydrogen-bond acceptors (Lipinski definition) is 3. The molecule has 0 aliphatic carbocycles. The van der Waals surface area contributed by atoms with E-state index in [0.29, 0.717) is 0 Å². The number of fused-ring (bicyclic) bond motifs is 1. The number of rotatable bonds is 4. The van der Waals surface area contributed by atoms with E-state index in [1.54, 1.807) is 0 Å². The van der Waals surface area contributed by atoms with Crippen molar-refractivity contribution in [3.8, 4) is 0 Å². The zero-order chi connectivity index (χ0) is 12.2. The first-order chi connectivity index (χ1) is 8.92. The molecule has 0 radical (unpaired) electrons. The molecule has 0 unspecified atom stereocenters. The van der Waals surface area contributed by atoms with Crippen molar-refractivity contribution in [1.82, 2.24) is 10.2 Å². The standard InChI is InChI=1S/C15H22N2S/c1-2-6-14(7-3-1)18-10-9-17-11-13-5-4-8-16-15(13)12-17/h1-3,6-7,13,15-16H,4-5,8-12H2/t13-,15+/m0/s1. The van der Waals surface area contributed by atoms with Crippen molar-refractivity contribution in [3.05, 3.63) is 30.3 Å². The lowest BCUT2D eigenvalue weighted by molar-refractivity contribution is 0.332. The van der Waals surface area contributed by atoms with E-state index in [1.165, 1.54) is 49.7 Å². The molecule has 1 N–H and O–H groups in total. The summed E-state index contributed by atoms with van der Waals surface area (Å²) in [6.07, 6.45) is 2.80. The zero-order valence-corrected chi connectivity index (χ0v) is 11.7. The molecule has 2 heterocycles. The summed E-state index contributed by atoms with van der Waals surface area (Å²) >= 11 is 1.98. The number of thioether (sulfide) groups is 1. The molecule has 0 amide bonds. The topological polar surface area (TPSA) is 15.3 Å². The number of nitrogens with one attached hydrogen (secondary N) is 1. The molecule has 2 saturated heterocycles. The van der Waals surface area contributed by atoms with Crippen LogP contribution in [-0.4, -0.2) is 42.9 Å². The zero-order valence-electron chi connectivity index (χ0n) is 10.8. The van der Waals surface area contributed by atoms with Crippen LogP contribution in [0.5, 0.6) is 0 Å². The molecule has 1 aromatic carbocycles. The van der Waals surface area contributed by atoms with Gasteiger partial charge in [0.05, 0.1) is 0 Å². The highest BCUT2D eigenvalue weighted by atomic mass is 32.2. The van der Waals surface area contributed by atoms with Gasteiger partial charge in [-0.2, -0.15) is 0 Å². The highest BCUT2D eigenvalue weighted by Crippen LogP contribution is 2.25. The van der Waals surface area contributed by atoms with Crippen LogP contribution in [-0.2, 0) is 0 Å². The highest BCUT2D eigenvalue weighted by Gasteiger charge is 2.33. The Morgan fingerprint density at radius 1 is 1.22 bits per heavy atom. The van der Waals surface area contributed by atoms with Gasteiger partial charge in [-0.3, -0.25) is 0 Å². The predicted octanol–water partition coefficient (Wildman–Crippen LogP) is 2.46. The maximum atomic E-state index is 3.67. The number of benzene rings is 1. The van der Waals surface area contributed by atoms with Crippen LogP contribution in [0.2, 0.25) is 0 Å². The number of piperidine rings is 1. The quantitative estimate of drug-likeness (QED) is 0.839. The lowest BCUT2D eigenvalue weighted by atomic mass is 9.94. The van der Waals surface area contributed by atoms with E-state index < -0.39 is 0 Å². The average Bonchev–Trinajstić information content (AvgIpc) is 2.82. The lowest BCUT2D eigenvalue weighted by Crippen LogP contribution is -2.40. The molecule has 2 aliphatic rings. The molecule has 98 valence electrons. The normalized spacial score (nSPS) is 28.2. The van der Waals surface area contributed by atoms with Gasteiger partial charge in [-0.1, -0.05) is 18.2 Å². The molecule has 0 bridgehead atoms. The average molecular weight is 262 g/mol. The second-order valence-electron chi connectivity index (χ2n) is 5.38. The molecule has 2 fully saturated rings. The highest BCUT2D eigenvalue weighted by molar-refractivity contribution is 7.99. The van der Waals surface area contributed by atoms with Crippen LogP contribution >= 0.6 is 11.8 Å². The van der Waals surface area contributed by atoms with Crippen molar-refractivity contribution in [2.75, 3.05) is 31.9 Å². The Morgan fingerprint density at radius 2 is 2.11 bits per heavy atom. The molecule has 0 saturated carbocycles. The Balaban J connectivity index is 1.42. The Morgan fingerprint density at radius 3 is 2.94 bits per heavy atom. The van der Waals surface area contributed by atoms with Crippen molar-refractivity contribution in [1.29, 1.82) is 0 Å². The summed E-state index contributed by atoms with van der Waals surface area (Å²) in [6, 6.07) is 11.5. The largest absolute Gasteiger partial charge is 0.312 e. The van der Waals surface area contributed by atoms with Crippen LogP contribution in [0.1, 0.15) is 12.8 Å². The summed E-state index contributed by atoms with van der Waals surface area (Å²) in [5.41, 5.74) is 0.